The van der Waals surface area contributed by atoms with Crippen LogP contribution in [0, 0.1) is 13.8 Å². The summed E-state index contributed by atoms with van der Waals surface area (Å²) >= 11 is 0. The number of aromatic nitrogens is 2. The van der Waals surface area contributed by atoms with Crippen molar-refractivity contribution >= 4 is 16.1 Å². The van der Waals surface area contributed by atoms with E-state index in [0.717, 1.165) is 22.5 Å². The second-order valence-corrected chi connectivity index (χ2v) is 7.35. The molecule has 0 aliphatic carbocycles. The summed E-state index contributed by atoms with van der Waals surface area (Å²) in [5, 5.41) is 5.57. The summed E-state index contributed by atoms with van der Waals surface area (Å²) in [6.07, 6.45) is 2.21. The highest BCUT2D eigenvalue weighted by Crippen LogP contribution is 2.14. The molecule has 0 unspecified atom stereocenters. The lowest BCUT2D eigenvalue weighted by Gasteiger charge is -2.12. The van der Waals surface area contributed by atoms with Gasteiger partial charge in [0.2, 0.25) is 10.0 Å². The monoisotopic (exact) mass is 333 g/mol. The molecule has 0 spiro atoms. The van der Waals surface area contributed by atoms with Crippen LogP contribution in [0.5, 0.6) is 0 Å². The van der Waals surface area contributed by atoms with Crippen molar-refractivity contribution in [1.82, 2.24) is 14.5 Å². The number of hydrogen-bond acceptors (Lipinski definition) is 3. The zero-order chi connectivity index (χ0) is 17.0. The molecule has 2 rings (SSSR count). The first kappa shape index (κ1) is 17.4. The van der Waals surface area contributed by atoms with E-state index in [1.807, 2.05) is 62.8 Å². The second-order valence-electron chi connectivity index (χ2n) is 5.75. The minimum absolute atomic E-state index is 0.206. The van der Waals surface area contributed by atoms with E-state index in [0.29, 0.717) is 6.42 Å². The Labute approximate surface area is 138 Å². The van der Waals surface area contributed by atoms with Crippen molar-refractivity contribution in [3.05, 3.63) is 58.3 Å². The zero-order valence-corrected chi connectivity index (χ0v) is 14.8. The Bertz CT molecular complexity index is 793. The van der Waals surface area contributed by atoms with Gasteiger partial charge >= 0.3 is 0 Å². The van der Waals surface area contributed by atoms with Gasteiger partial charge in [0.25, 0.3) is 0 Å². The van der Waals surface area contributed by atoms with E-state index in [1.165, 1.54) is 5.41 Å². The van der Waals surface area contributed by atoms with Crippen LogP contribution < -0.4 is 4.72 Å². The van der Waals surface area contributed by atoms with Gasteiger partial charge in [0.1, 0.15) is 0 Å². The van der Waals surface area contributed by atoms with Crippen LogP contribution in [-0.2, 0) is 23.5 Å². The Morgan fingerprint density at radius 3 is 2.48 bits per heavy atom. The summed E-state index contributed by atoms with van der Waals surface area (Å²) < 4.78 is 28.8. The van der Waals surface area contributed by atoms with E-state index >= 15 is 0 Å². The Morgan fingerprint density at radius 1 is 1.26 bits per heavy atom. The number of benzene rings is 1. The minimum Gasteiger partial charge on any atom is -0.272 e. The molecule has 1 aromatic heterocycles. The second kappa shape index (κ2) is 7.10. The maximum atomic E-state index is 12.2. The highest BCUT2D eigenvalue weighted by molar-refractivity contribution is 7.92. The van der Waals surface area contributed by atoms with Gasteiger partial charge in [0.15, 0.2) is 0 Å². The van der Waals surface area contributed by atoms with Crippen LogP contribution in [0.25, 0.3) is 6.08 Å². The van der Waals surface area contributed by atoms with Gasteiger partial charge in [0, 0.05) is 24.2 Å². The van der Waals surface area contributed by atoms with Crippen molar-refractivity contribution in [2.45, 2.75) is 33.2 Å². The molecule has 0 saturated carbocycles. The van der Waals surface area contributed by atoms with E-state index in [4.69, 9.17) is 0 Å². The number of sulfonamides is 1. The fourth-order valence-electron chi connectivity index (χ4n) is 2.51. The third-order valence-corrected chi connectivity index (χ3v) is 5.00. The van der Waals surface area contributed by atoms with Gasteiger partial charge in [-0.05, 0) is 44.4 Å². The van der Waals surface area contributed by atoms with Gasteiger partial charge < -0.3 is 0 Å². The Kier molecular flexibility index (Phi) is 5.38. The Hall–Kier alpha value is -1.92. The normalized spacial score (nSPS) is 13.6. The lowest BCUT2D eigenvalue weighted by molar-refractivity contribution is 0.568. The van der Waals surface area contributed by atoms with Gasteiger partial charge in [-0.3, -0.25) is 4.68 Å². The first-order valence-electron chi connectivity index (χ1n) is 7.53. The molecule has 23 heavy (non-hydrogen) atoms. The van der Waals surface area contributed by atoms with E-state index in [1.54, 1.807) is 6.08 Å². The molecule has 0 bridgehead atoms. The molecule has 0 amide bonds. The van der Waals surface area contributed by atoms with Gasteiger partial charge in [-0.25, -0.2) is 13.1 Å². The number of hydrogen-bond donors (Lipinski definition) is 1. The fraction of sp³-hybridized carbons (Fsp3) is 0.353. The van der Waals surface area contributed by atoms with Crippen LogP contribution in [0.15, 0.2) is 35.7 Å². The quantitative estimate of drug-likeness (QED) is 0.883. The Balaban J connectivity index is 2.04. The molecular formula is C17H23N3O2S. The van der Waals surface area contributed by atoms with E-state index < -0.39 is 10.0 Å². The van der Waals surface area contributed by atoms with Gasteiger partial charge in [-0.1, -0.05) is 30.3 Å². The molecule has 124 valence electrons. The third kappa shape index (κ3) is 4.77. The lowest BCUT2D eigenvalue weighted by Crippen LogP contribution is -2.32. The van der Waals surface area contributed by atoms with Gasteiger partial charge in [0.05, 0.1) is 5.69 Å². The molecule has 1 N–H and O–H groups in total. The van der Waals surface area contributed by atoms with Crippen LogP contribution in [-0.4, -0.2) is 24.2 Å². The molecule has 6 heteroatoms. The molecular weight excluding hydrogens is 310 g/mol. The van der Waals surface area contributed by atoms with Gasteiger partial charge in [-0.2, -0.15) is 5.10 Å². The van der Waals surface area contributed by atoms with Crippen molar-refractivity contribution in [3.63, 3.8) is 0 Å². The average Bonchev–Trinajstić information content (AvgIpc) is 2.72. The first-order chi connectivity index (χ1) is 10.8. The van der Waals surface area contributed by atoms with Gasteiger partial charge in [-0.15, -0.1) is 0 Å². The van der Waals surface area contributed by atoms with E-state index in [9.17, 15) is 8.42 Å². The largest absolute Gasteiger partial charge is 0.272 e. The van der Waals surface area contributed by atoms with Crippen molar-refractivity contribution in [3.8, 4) is 0 Å². The Morgan fingerprint density at radius 2 is 1.91 bits per heavy atom. The maximum absolute atomic E-state index is 12.2. The van der Waals surface area contributed by atoms with Crippen molar-refractivity contribution in [2.75, 3.05) is 0 Å². The number of rotatable bonds is 6. The molecule has 0 aliphatic heterocycles. The minimum atomic E-state index is -3.48. The van der Waals surface area contributed by atoms with E-state index in [2.05, 4.69) is 9.82 Å². The van der Waals surface area contributed by atoms with Crippen LogP contribution in [0.1, 0.15) is 29.4 Å². The molecule has 0 radical (unpaired) electrons. The summed E-state index contributed by atoms with van der Waals surface area (Å²) in [7, 11) is -1.58. The average molecular weight is 333 g/mol. The summed E-state index contributed by atoms with van der Waals surface area (Å²) in [6.45, 7) is 5.80. The number of nitrogens with zero attached hydrogens (tertiary/aromatic N) is 2. The highest BCUT2D eigenvalue weighted by Gasteiger charge is 2.16. The summed E-state index contributed by atoms with van der Waals surface area (Å²) in [4.78, 5) is 0. The zero-order valence-electron chi connectivity index (χ0n) is 13.9. The summed E-state index contributed by atoms with van der Waals surface area (Å²) in [6, 6.07) is 9.15. The molecule has 2 aromatic rings. The summed E-state index contributed by atoms with van der Waals surface area (Å²) in [5.41, 5.74) is 3.95. The third-order valence-electron chi connectivity index (χ3n) is 3.77. The van der Waals surface area contributed by atoms with Crippen molar-refractivity contribution < 1.29 is 8.42 Å². The maximum Gasteiger partial charge on any atom is 0.233 e. The van der Waals surface area contributed by atoms with Crippen molar-refractivity contribution in [1.29, 1.82) is 0 Å². The fourth-order valence-corrected chi connectivity index (χ4v) is 3.57. The topological polar surface area (TPSA) is 64.0 Å². The molecule has 0 saturated heterocycles. The highest BCUT2D eigenvalue weighted by atomic mass is 32.2. The van der Waals surface area contributed by atoms with E-state index in [-0.39, 0.29) is 6.04 Å². The lowest BCUT2D eigenvalue weighted by atomic mass is 10.1. The molecule has 1 heterocycles. The van der Waals surface area contributed by atoms with Crippen LogP contribution in [0.4, 0.5) is 0 Å². The molecule has 0 fully saturated rings. The van der Waals surface area contributed by atoms with Crippen molar-refractivity contribution in [2.24, 2.45) is 7.05 Å². The number of aryl methyl sites for hydroxylation is 2. The smallest absolute Gasteiger partial charge is 0.233 e. The van der Waals surface area contributed by atoms with Crippen LogP contribution >= 0.6 is 0 Å². The van der Waals surface area contributed by atoms with Crippen LogP contribution in [0.3, 0.4) is 0 Å². The molecule has 5 nitrogen and oxygen atoms in total. The predicted octanol–water partition coefficient (Wildman–Crippen LogP) is 2.56. The molecule has 0 aliphatic rings. The SMILES string of the molecule is Cc1nn(C)c(C)c1C[C@H](C)NS(=O)(=O)/C=C/c1ccccc1. The molecule has 1 aromatic carbocycles. The number of nitrogens with one attached hydrogen (secondary N) is 1. The standard InChI is InChI=1S/C17H23N3O2S/c1-13(12-17-14(2)18-20(4)15(17)3)19-23(21,22)11-10-16-8-6-5-7-9-16/h5-11,13,19H,12H2,1-4H3/b11-10+/t13-/m0/s1. The van der Waals surface area contributed by atoms with Crippen LogP contribution in [0.2, 0.25) is 0 Å². The summed E-state index contributed by atoms with van der Waals surface area (Å²) in [5.74, 6) is 0. The predicted molar refractivity (Wildman–Crippen MR) is 93.4 cm³/mol. The molecule has 1 atom stereocenters. The first-order valence-corrected chi connectivity index (χ1v) is 9.07.